The summed E-state index contributed by atoms with van der Waals surface area (Å²) in [5, 5.41) is 2.78. The third-order valence-corrected chi connectivity index (χ3v) is 8.04. The average Bonchev–Trinajstić information content (AvgIpc) is 2.97. The zero-order chi connectivity index (χ0) is 29.3. The van der Waals surface area contributed by atoms with Gasteiger partial charge in [-0.15, -0.1) is 0 Å². The SMILES string of the molecule is CCCNC(=O)[C@@H](C)N(Cc1ccc(F)cc1)C(=O)CN(c1ccc(OC)c(OC)c1)S(=O)(=O)c1ccccc1. The fourth-order valence-corrected chi connectivity index (χ4v) is 5.42. The number of methoxy groups -OCH3 is 2. The Kier molecular flexibility index (Phi) is 10.5. The van der Waals surface area contributed by atoms with Crippen LogP contribution in [0.15, 0.2) is 77.7 Å². The lowest BCUT2D eigenvalue weighted by molar-refractivity contribution is -0.139. The quantitative estimate of drug-likeness (QED) is 0.333. The molecule has 0 heterocycles. The first kappa shape index (κ1) is 30.4. The lowest BCUT2D eigenvalue weighted by Crippen LogP contribution is -2.51. The van der Waals surface area contributed by atoms with Crippen LogP contribution in [0.1, 0.15) is 25.8 Å². The Hall–Kier alpha value is -4.12. The van der Waals surface area contributed by atoms with Gasteiger partial charge in [0.15, 0.2) is 11.5 Å². The highest BCUT2D eigenvalue weighted by molar-refractivity contribution is 7.92. The first-order valence-corrected chi connectivity index (χ1v) is 14.2. The Morgan fingerprint density at radius 3 is 2.20 bits per heavy atom. The van der Waals surface area contributed by atoms with Gasteiger partial charge in [-0.2, -0.15) is 0 Å². The highest BCUT2D eigenvalue weighted by Crippen LogP contribution is 2.34. The Morgan fingerprint density at radius 2 is 1.60 bits per heavy atom. The number of sulfonamides is 1. The summed E-state index contributed by atoms with van der Waals surface area (Å²) in [5.74, 6) is -0.799. The molecule has 40 heavy (non-hydrogen) atoms. The topological polar surface area (TPSA) is 105 Å². The molecular formula is C29H34FN3O6S. The van der Waals surface area contributed by atoms with E-state index in [1.54, 1.807) is 31.2 Å². The molecule has 214 valence electrons. The van der Waals surface area contributed by atoms with E-state index in [1.165, 1.54) is 67.7 Å². The molecule has 1 atom stereocenters. The number of amides is 2. The molecule has 0 unspecified atom stereocenters. The number of hydrogen-bond acceptors (Lipinski definition) is 6. The molecular weight excluding hydrogens is 537 g/mol. The van der Waals surface area contributed by atoms with Crippen LogP contribution in [0.2, 0.25) is 0 Å². The summed E-state index contributed by atoms with van der Waals surface area (Å²) < 4.78 is 52.9. The molecule has 0 bridgehead atoms. The summed E-state index contributed by atoms with van der Waals surface area (Å²) in [6.07, 6.45) is 0.701. The molecule has 2 amide bonds. The molecule has 0 aliphatic rings. The van der Waals surface area contributed by atoms with E-state index < -0.39 is 34.3 Å². The molecule has 3 aromatic carbocycles. The van der Waals surface area contributed by atoms with Crippen molar-refractivity contribution in [3.63, 3.8) is 0 Å². The number of anilines is 1. The van der Waals surface area contributed by atoms with Gasteiger partial charge in [0, 0.05) is 19.2 Å². The minimum Gasteiger partial charge on any atom is -0.493 e. The summed E-state index contributed by atoms with van der Waals surface area (Å²) in [6, 6.07) is 16.9. The monoisotopic (exact) mass is 571 g/mol. The number of benzene rings is 3. The molecule has 0 spiro atoms. The fourth-order valence-electron chi connectivity index (χ4n) is 3.99. The normalized spacial score (nSPS) is 11.8. The first-order chi connectivity index (χ1) is 19.1. The van der Waals surface area contributed by atoms with Gasteiger partial charge in [0.05, 0.1) is 24.8 Å². The van der Waals surface area contributed by atoms with E-state index in [-0.39, 0.29) is 28.8 Å². The van der Waals surface area contributed by atoms with Crippen molar-refractivity contribution in [2.24, 2.45) is 0 Å². The van der Waals surface area contributed by atoms with Crippen LogP contribution in [0.5, 0.6) is 11.5 Å². The number of nitrogens with zero attached hydrogens (tertiary/aromatic N) is 2. The Balaban J connectivity index is 2.06. The molecule has 0 saturated carbocycles. The number of halogens is 1. The van der Waals surface area contributed by atoms with E-state index >= 15 is 0 Å². The molecule has 3 rings (SSSR count). The Bertz CT molecular complexity index is 1400. The van der Waals surface area contributed by atoms with Crippen molar-refractivity contribution >= 4 is 27.5 Å². The third-order valence-electron chi connectivity index (χ3n) is 6.25. The highest BCUT2D eigenvalue weighted by Gasteiger charge is 2.33. The molecule has 0 aliphatic heterocycles. The van der Waals surface area contributed by atoms with Gasteiger partial charge in [-0.05, 0) is 55.3 Å². The maximum atomic E-state index is 13.9. The number of ether oxygens (including phenoxy) is 2. The molecule has 0 fully saturated rings. The summed E-state index contributed by atoms with van der Waals surface area (Å²) in [4.78, 5) is 28.0. The van der Waals surface area contributed by atoms with Gasteiger partial charge in [0.2, 0.25) is 11.8 Å². The molecule has 11 heteroatoms. The molecule has 0 saturated heterocycles. The van der Waals surface area contributed by atoms with Crippen LogP contribution >= 0.6 is 0 Å². The number of nitrogens with one attached hydrogen (secondary N) is 1. The van der Waals surface area contributed by atoms with Crippen molar-refractivity contribution in [2.45, 2.75) is 37.8 Å². The average molecular weight is 572 g/mol. The first-order valence-electron chi connectivity index (χ1n) is 12.7. The van der Waals surface area contributed by atoms with Crippen LogP contribution in [0.25, 0.3) is 0 Å². The molecule has 3 aromatic rings. The minimum absolute atomic E-state index is 0.0172. The number of hydrogen-bond donors (Lipinski definition) is 1. The number of carbonyl (C=O) groups excluding carboxylic acids is 2. The minimum atomic E-state index is -4.23. The predicted molar refractivity (Wildman–Crippen MR) is 150 cm³/mol. The predicted octanol–water partition coefficient (Wildman–Crippen LogP) is 3.98. The van der Waals surface area contributed by atoms with Crippen molar-refractivity contribution in [3.05, 3.63) is 84.2 Å². The second kappa shape index (κ2) is 13.8. The van der Waals surface area contributed by atoms with Gasteiger partial charge in [0.25, 0.3) is 10.0 Å². The van der Waals surface area contributed by atoms with Gasteiger partial charge >= 0.3 is 0 Å². The summed E-state index contributed by atoms with van der Waals surface area (Å²) >= 11 is 0. The maximum Gasteiger partial charge on any atom is 0.264 e. The summed E-state index contributed by atoms with van der Waals surface area (Å²) in [5.41, 5.74) is 0.744. The Labute approximate surface area is 234 Å². The largest absolute Gasteiger partial charge is 0.493 e. The van der Waals surface area contributed by atoms with Crippen LogP contribution in [-0.4, -0.2) is 58.5 Å². The van der Waals surface area contributed by atoms with Gasteiger partial charge in [-0.25, -0.2) is 12.8 Å². The standard InChI is InChI=1S/C29H34FN3O6S/c1-5-17-31-29(35)21(2)32(19-22-11-13-23(30)14-12-22)28(34)20-33(40(36,37)25-9-7-6-8-10-25)24-15-16-26(38-3)27(18-24)39-4/h6-16,18,21H,5,17,19-20H2,1-4H3,(H,31,35)/t21-/m1/s1. The zero-order valence-corrected chi connectivity index (χ0v) is 23.8. The summed E-state index contributed by atoms with van der Waals surface area (Å²) in [6.45, 7) is 3.24. The molecule has 0 aromatic heterocycles. The van der Waals surface area contributed by atoms with E-state index in [2.05, 4.69) is 5.32 Å². The smallest absolute Gasteiger partial charge is 0.264 e. The molecule has 0 aliphatic carbocycles. The van der Waals surface area contributed by atoms with E-state index in [4.69, 9.17) is 9.47 Å². The van der Waals surface area contributed by atoms with Gasteiger partial charge < -0.3 is 19.7 Å². The lowest BCUT2D eigenvalue weighted by atomic mass is 10.1. The van der Waals surface area contributed by atoms with Crippen LogP contribution < -0.4 is 19.1 Å². The van der Waals surface area contributed by atoms with Crippen molar-refractivity contribution in [3.8, 4) is 11.5 Å². The fraction of sp³-hybridized carbons (Fsp3) is 0.310. The van der Waals surface area contributed by atoms with Crippen molar-refractivity contribution < 1.29 is 31.9 Å². The molecule has 1 N–H and O–H groups in total. The Morgan fingerprint density at radius 1 is 0.950 bits per heavy atom. The van der Waals surface area contributed by atoms with E-state index in [0.29, 0.717) is 24.3 Å². The van der Waals surface area contributed by atoms with Gasteiger partial charge in [0.1, 0.15) is 18.4 Å². The second-order valence-corrected chi connectivity index (χ2v) is 10.8. The maximum absolute atomic E-state index is 13.9. The highest BCUT2D eigenvalue weighted by atomic mass is 32.2. The van der Waals surface area contributed by atoms with Crippen LogP contribution in [0.4, 0.5) is 10.1 Å². The van der Waals surface area contributed by atoms with Crippen molar-refractivity contribution in [1.29, 1.82) is 0 Å². The zero-order valence-electron chi connectivity index (χ0n) is 23.0. The number of rotatable bonds is 13. The lowest BCUT2D eigenvalue weighted by Gasteiger charge is -2.32. The van der Waals surface area contributed by atoms with Crippen LogP contribution in [0, 0.1) is 5.82 Å². The molecule has 0 radical (unpaired) electrons. The number of carbonyl (C=O) groups is 2. The second-order valence-electron chi connectivity index (χ2n) is 8.98. The van der Waals surface area contributed by atoms with Crippen molar-refractivity contribution in [1.82, 2.24) is 10.2 Å². The van der Waals surface area contributed by atoms with E-state index in [1.807, 2.05) is 6.92 Å². The van der Waals surface area contributed by atoms with Gasteiger partial charge in [-0.3, -0.25) is 13.9 Å². The molecule has 9 nitrogen and oxygen atoms in total. The van der Waals surface area contributed by atoms with E-state index in [9.17, 15) is 22.4 Å². The third kappa shape index (κ3) is 7.29. The van der Waals surface area contributed by atoms with E-state index in [0.717, 1.165) is 4.31 Å². The van der Waals surface area contributed by atoms with Crippen LogP contribution in [-0.2, 0) is 26.2 Å². The van der Waals surface area contributed by atoms with Crippen LogP contribution in [0.3, 0.4) is 0 Å². The van der Waals surface area contributed by atoms with Crippen molar-refractivity contribution in [2.75, 3.05) is 31.6 Å². The summed E-state index contributed by atoms with van der Waals surface area (Å²) in [7, 11) is -1.35. The van der Waals surface area contributed by atoms with Gasteiger partial charge in [-0.1, -0.05) is 37.3 Å².